The Bertz CT molecular complexity index is 1050. The van der Waals surface area contributed by atoms with E-state index in [-0.39, 0.29) is 0 Å². The van der Waals surface area contributed by atoms with Crippen molar-refractivity contribution < 1.29 is 9.47 Å². The van der Waals surface area contributed by atoms with Crippen LogP contribution in [0.4, 0.5) is 5.82 Å². The third-order valence-corrected chi connectivity index (χ3v) is 4.03. The molecule has 0 saturated heterocycles. The quantitative estimate of drug-likeness (QED) is 0.480. The number of imidazole rings is 1. The van der Waals surface area contributed by atoms with E-state index in [0.29, 0.717) is 36.2 Å². The third-order valence-electron chi connectivity index (χ3n) is 4.03. The number of fused-ring (bicyclic) bond motifs is 1. The molecular weight excluding hydrogens is 356 g/mol. The van der Waals surface area contributed by atoms with Gasteiger partial charge in [-0.05, 0) is 36.8 Å². The molecule has 28 heavy (non-hydrogen) atoms. The molecule has 0 atom stereocenters. The van der Waals surface area contributed by atoms with E-state index in [9.17, 15) is 0 Å². The van der Waals surface area contributed by atoms with Crippen LogP contribution in [0.3, 0.4) is 0 Å². The van der Waals surface area contributed by atoms with Gasteiger partial charge in [0.2, 0.25) is 5.88 Å². The molecule has 1 aromatic carbocycles. The van der Waals surface area contributed by atoms with Crippen molar-refractivity contribution in [3.05, 3.63) is 60.8 Å². The molecule has 0 aliphatic heterocycles. The lowest BCUT2D eigenvalue weighted by molar-refractivity contribution is 0.317. The first-order chi connectivity index (χ1) is 13.8. The van der Waals surface area contributed by atoms with Gasteiger partial charge in [0, 0.05) is 18.3 Å². The first kappa shape index (κ1) is 17.7. The number of anilines is 1. The molecule has 2 N–H and O–H groups in total. The zero-order valence-electron chi connectivity index (χ0n) is 15.4. The van der Waals surface area contributed by atoms with Crippen molar-refractivity contribution in [2.24, 2.45) is 0 Å². The average Bonchev–Trinajstić information content (AvgIpc) is 3.22. The predicted octanol–water partition coefficient (Wildman–Crippen LogP) is 3.94. The number of rotatable bonds is 8. The molecule has 4 aromatic rings. The molecule has 0 bridgehead atoms. The fraction of sp³-hybridized carbons (Fsp3) is 0.200. The molecule has 0 spiro atoms. The average molecular weight is 376 g/mol. The van der Waals surface area contributed by atoms with Gasteiger partial charge in [0.25, 0.3) is 0 Å². The van der Waals surface area contributed by atoms with Crippen LogP contribution in [-0.2, 0) is 6.54 Å². The van der Waals surface area contributed by atoms with E-state index in [4.69, 9.17) is 9.47 Å². The fourth-order valence-electron chi connectivity index (χ4n) is 2.66. The number of pyridine rings is 1. The fourth-order valence-corrected chi connectivity index (χ4v) is 2.66. The standard InChI is InChI=1S/C20H20N6O2/c1-2-10-27-15-5-7-16(8-6-15)28-20-14(4-3-9-21-20)11-22-18-17-19(24-12-23-17)26-13-25-18/h3-9,12-13H,2,10-11H2,1H3,(H2,22,23,24,25,26). The zero-order chi connectivity index (χ0) is 19.2. The summed E-state index contributed by atoms with van der Waals surface area (Å²) < 4.78 is 11.6. The summed E-state index contributed by atoms with van der Waals surface area (Å²) in [6.45, 7) is 3.27. The lowest BCUT2D eigenvalue weighted by atomic mass is 10.2. The highest BCUT2D eigenvalue weighted by Crippen LogP contribution is 2.26. The van der Waals surface area contributed by atoms with Crippen molar-refractivity contribution in [3.8, 4) is 17.4 Å². The van der Waals surface area contributed by atoms with Crippen molar-refractivity contribution >= 4 is 17.0 Å². The van der Waals surface area contributed by atoms with E-state index in [1.165, 1.54) is 6.33 Å². The van der Waals surface area contributed by atoms with Crippen LogP contribution < -0.4 is 14.8 Å². The monoisotopic (exact) mass is 376 g/mol. The summed E-state index contributed by atoms with van der Waals surface area (Å²) in [7, 11) is 0. The van der Waals surface area contributed by atoms with E-state index in [1.54, 1.807) is 12.5 Å². The van der Waals surface area contributed by atoms with Crippen LogP contribution in [0.1, 0.15) is 18.9 Å². The summed E-state index contributed by atoms with van der Waals surface area (Å²) in [6, 6.07) is 11.4. The first-order valence-corrected chi connectivity index (χ1v) is 9.06. The molecule has 0 saturated carbocycles. The highest BCUT2D eigenvalue weighted by molar-refractivity contribution is 5.81. The van der Waals surface area contributed by atoms with E-state index in [1.807, 2.05) is 36.4 Å². The van der Waals surface area contributed by atoms with Crippen molar-refractivity contribution in [2.45, 2.75) is 19.9 Å². The summed E-state index contributed by atoms with van der Waals surface area (Å²) in [5.41, 5.74) is 2.28. The lowest BCUT2D eigenvalue weighted by Crippen LogP contribution is -2.05. The van der Waals surface area contributed by atoms with Crippen LogP contribution in [0.15, 0.2) is 55.2 Å². The van der Waals surface area contributed by atoms with Gasteiger partial charge in [-0.3, -0.25) is 0 Å². The van der Waals surface area contributed by atoms with Crippen molar-refractivity contribution in [2.75, 3.05) is 11.9 Å². The Kier molecular flexibility index (Phi) is 5.28. The Morgan fingerprint density at radius 2 is 1.86 bits per heavy atom. The van der Waals surface area contributed by atoms with Gasteiger partial charge in [-0.1, -0.05) is 13.0 Å². The van der Waals surface area contributed by atoms with E-state index >= 15 is 0 Å². The van der Waals surface area contributed by atoms with E-state index in [2.05, 4.69) is 37.2 Å². The predicted molar refractivity (Wildman–Crippen MR) is 106 cm³/mol. The topological polar surface area (TPSA) is 97.8 Å². The largest absolute Gasteiger partial charge is 0.494 e. The van der Waals surface area contributed by atoms with Crippen LogP contribution in [0.5, 0.6) is 17.4 Å². The molecule has 0 amide bonds. The normalized spacial score (nSPS) is 10.8. The number of hydrogen-bond donors (Lipinski definition) is 2. The smallest absolute Gasteiger partial charge is 0.224 e. The van der Waals surface area contributed by atoms with Crippen LogP contribution in [0, 0.1) is 0 Å². The number of hydrogen-bond acceptors (Lipinski definition) is 7. The summed E-state index contributed by atoms with van der Waals surface area (Å²) in [6.07, 6.45) is 5.75. The van der Waals surface area contributed by atoms with Crippen LogP contribution in [0.25, 0.3) is 11.2 Å². The van der Waals surface area contributed by atoms with Gasteiger partial charge in [0.15, 0.2) is 11.5 Å². The first-order valence-electron chi connectivity index (χ1n) is 9.06. The van der Waals surface area contributed by atoms with Gasteiger partial charge in [0.1, 0.15) is 23.3 Å². The SMILES string of the molecule is CCCOc1ccc(Oc2ncccc2CNc2ncnc3nc[nH]c23)cc1. The molecule has 8 nitrogen and oxygen atoms in total. The Hall–Kier alpha value is -3.68. The lowest BCUT2D eigenvalue weighted by Gasteiger charge is -2.12. The number of nitrogens with one attached hydrogen (secondary N) is 2. The van der Waals surface area contributed by atoms with Crippen molar-refractivity contribution in [1.82, 2.24) is 24.9 Å². The Balaban J connectivity index is 1.47. The number of aromatic nitrogens is 5. The third kappa shape index (κ3) is 4.01. The molecule has 3 heterocycles. The Morgan fingerprint density at radius 3 is 2.71 bits per heavy atom. The molecule has 8 heteroatoms. The molecule has 0 radical (unpaired) electrons. The second-order valence-electron chi connectivity index (χ2n) is 6.07. The molecule has 4 rings (SSSR count). The van der Waals surface area contributed by atoms with Crippen LogP contribution in [-0.4, -0.2) is 31.5 Å². The van der Waals surface area contributed by atoms with Gasteiger partial charge < -0.3 is 19.8 Å². The number of benzene rings is 1. The highest BCUT2D eigenvalue weighted by Gasteiger charge is 2.09. The zero-order valence-corrected chi connectivity index (χ0v) is 15.4. The van der Waals surface area contributed by atoms with Crippen molar-refractivity contribution in [3.63, 3.8) is 0 Å². The molecule has 142 valence electrons. The number of H-pyrrole nitrogens is 1. The maximum absolute atomic E-state index is 5.97. The highest BCUT2D eigenvalue weighted by atomic mass is 16.5. The summed E-state index contributed by atoms with van der Waals surface area (Å²) >= 11 is 0. The molecule has 0 aliphatic carbocycles. The minimum absolute atomic E-state index is 0.492. The van der Waals surface area contributed by atoms with Crippen LogP contribution >= 0.6 is 0 Å². The minimum Gasteiger partial charge on any atom is -0.494 e. The van der Waals surface area contributed by atoms with Gasteiger partial charge >= 0.3 is 0 Å². The number of ether oxygens (including phenoxy) is 2. The van der Waals surface area contributed by atoms with Gasteiger partial charge in [-0.15, -0.1) is 0 Å². The van der Waals surface area contributed by atoms with Crippen molar-refractivity contribution in [1.29, 1.82) is 0 Å². The van der Waals surface area contributed by atoms with Gasteiger partial charge in [-0.25, -0.2) is 19.9 Å². The number of nitrogens with zero attached hydrogens (tertiary/aromatic N) is 4. The van der Waals surface area contributed by atoms with Gasteiger partial charge in [0.05, 0.1) is 12.9 Å². The van der Waals surface area contributed by atoms with E-state index in [0.717, 1.165) is 23.3 Å². The maximum Gasteiger partial charge on any atom is 0.224 e. The second kappa shape index (κ2) is 8.34. The molecule has 0 fully saturated rings. The molecule has 0 aliphatic rings. The van der Waals surface area contributed by atoms with Gasteiger partial charge in [-0.2, -0.15) is 0 Å². The molecular formula is C20H20N6O2. The van der Waals surface area contributed by atoms with Crippen LogP contribution in [0.2, 0.25) is 0 Å². The second-order valence-corrected chi connectivity index (χ2v) is 6.07. The minimum atomic E-state index is 0.492. The maximum atomic E-state index is 5.97. The molecule has 3 aromatic heterocycles. The Labute approximate surface area is 162 Å². The summed E-state index contributed by atoms with van der Waals surface area (Å²) in [5.74, 6) is 2.73. The summed E-state index contributed by atoms with van der Waals surface area (Å²) in [5, 5.41) is 3.29. The van der Waals surface area contributed by atoms with E-state index < -0.39 is 0 Å². The Morgan fingerprint density at radius 1 is 1.00 bits per heavy atom. The number of aromatic amines is 1. The summed E-state index contributed by atoms with van der Waals surface area (Å²) in [4.78, 5) is 19.9. The molecule has 0 unspecified atom stereocenters.